The first-order valence-electron chi connectivity index (χ1n) is 11.8. The number of benzene rings is 4. The van der Waals surface area contributed by atoms with Crippen molar-refractivity contribution in [1.82, 2.24) is 0 Å². The molecule has 0 spiro atoms. The minimum absolute atomic E-state index is 0.0129. The lowest BCUT2D eigenvalue weighted by Gasteiger charge is -2.24. The Morgan fingerprint density at radius 2 is 1.08 bits per heavy atom. The molecule has 0 heterocycles. The predicted molar refractivity (Wildman–Crippen MR) is 145 cm³/mol. The highest BCUT2D eigenvalue weighted by Gasteiger charge is 2.37. The molecule has 6 N–H and O–H groups in total. The van der Waals surface area contributed by atoms with E-state index in [4.69, 9.17) is 26.7 Å². The average Bonchev–Trinajstić information content (AvgIpc) is 2.85. The van der Waals surface area contributed by atoms with Gasteiger partial charge in [-0.05, 0) is 74.2 Å². The van der Waals surface area contributed by atoms with Crippen molar-refractivity contribution in [1.29, 1.82) is 0 Å². The van der Waals surface area contributed by atoms with Gasteiger partial charge in [0.2, 0.25) is 0 Å². The Morgan fingerprint density at radius 3 is 1.68 bits per heavy atom. The first kappa shape index (κ1) is 23.9. The fourth-order valence-corrected chi connectivity index (χ4v) is 4.51. The molecule has 0 saturated carbocycles. The van der Waals surface area contributed by atoms with E-state index in [-0.39, 0.29) is 50.8 Å². The van der Waals surface area contributed by atoms with E-state index in [0.717, 1.165) is 22.3 Å². The highest BCUT2D eigenvalue weighted by atomic mass is 16.5. The summed E-state index contributed by atoms with van der Waals surface area (Å²) in [5.74, 6) is 0.731. The van der Waals surface area contributed by atoms with Crippen LogP contribution in [0.5, 0.6) is 23.0 Å². The topological polar surface area (TPSA) is 131 Å². The first-order valence-corrected chi connectivity index (χ1v) is 11.8. The molecule has 0 saturated heterocycles. The Balaban J connectivity index is 1.59. The lowest BCUT2D eigenvalue weighted by Crippen LogP contribution is -2.25. The summed E-state index contributed by atoms with van der Waals surface area (Å²) < 4.78 is 12.1. The maximum atomic E-state index is 13.7. The van der Waals surface area contributed by atoms with Gasteiger partial charge in [0.05, 0.1) is 28.1 Å². The van der Waals surface area contributed by atoms with E-state index in [1.165, 1.54) is 12.1 Å². The summed E-state index contributed by atoms with van der Waals surface area (Å²) in [4.78, 5) is 27.3. The first-order chi connectivity index (χ1) is 17.6. The van der Waals surface area contributed by atoms with Gasteiger partial charge in [-0.25, -0.2) is 0 Å². The molecule has 4 aromatic rings. The van der Waals surface area contributed by atoms with Gasteiger partial charge in [0.15, 0.2) is 23.1 Å². The normalized spacial score (nSPS) is 12.2. The van der Waals surface area contributed by atoms with Crippen molar-refractivity contribution in [3.8, 4) is 23.0 Å². The van der Waals surface area contributed by atoms with Crippen LogP contribution in [-0.2, 0) is 0 Å². The van der Waals surface area contributed by atoms with Gasteiger partial charge < -0.3 is 26.7 Å². The molecule has 37 heavy (non-hydrogen) atoms. The van der Waals surface area contributed by atoms with Crippen molar-refractivity contribution < 1.29 is 19.1 Å². The third-order valence-corrected chi connectivity index (χ3v) is 6.62. The summed E-state index contributed by atoms with van der Waals surface area (Å²) >= 11 is 0. The van der Waals surface area contributed by atoms with Crippen molar-refractivity contribution >= 4 is 28.6 Å². The van der Waals surface area contributed by atoms with Crippen LogP contribution in [0.2, 0.25) is 0 Å². The Bertz CT molecular complexity index is 1640. The molecular formula is C30H27N3O4. The highest BCUT2D eigenvalue weighted by Crippen LogP contribution is 2.44. The molecule has 0 radical (unpaired) electrons. The number of fused-ring (bicyclic) bond motifs is 2. The lowest BCUT2D eigenvalue weighted by atomic mass is 9.81. The number of hydrogen-bond acceptors (Lipinski definition) is 7. The molecule has 7 nitrogen and oxygen atoms in total. The van der Waals surface area contributed by atoms with Crippen LogP contribution in [0.4, 0.5) is 17.1 Å². The summed E-state index contributed by atoms with van der Waals surface area (Å²) in [6.45, 7) is 7.71. The molecule has 0 fully saturated rings. The number of ether oxygens (including phenoxy) is 2. The van der Waals surface area contributed by atoms with Crippen LogP contribution < -0.4 is 26.7 Å². The second kappa shape index (κ2) is 8.71. The summed E-state index contributed by atoms with van der Waals surface area (Å²) in [5.41, 5.74) is 23.3. The number of anilines is 3. The van der Waals surface area contributed by atoms with Gasteiger partial charge in [-0.3, -0.25) is 9.59 Å². The molecular weight excluding hydrogens is 466 g/mol. The van der Waals surface area contributed by atoms with Crippen molar-refractivity contribution in [3.05, 3.63) is 99.1 Å². The number of aryl methyl sites for hydroxylation is 4. The Kier molecular flexibility index (Phi) is 5.63. The molecule has 1 aliphatic carbocycles. The van der Waals surface area contributed by atoms with Crippen LogP contribution in [0.3, 0.4) is 0 Å². The SMILES string of the molecule is Cc1ccc(C)c(Oc2ccc3c(c2N)C(=O)c2c(N)cc(Oc4cc(C)ccc4C)c(N)c2C3=O)c1. The fourth-order valence-electron chi connectivity index (χ4n) is 4.51. The number of nitrogens with two attached hydrogens (primary N) is 3. The van der Waals surface area contributed by atoms with E-state index in [0.29, 0.717) is 11.5 Å². The maximum absolute atomic E-state index is 13.7. The van der Waals surface area contributed by atoms with Gasteiger partial charge in [0.1, 0.15) is 11.5 Å². The van der Waals surface area contributed by atoms with Crippen LogP contribution in [0.15, 0.2) is 54.6 Å². The van der Waals surface area contributed by atoms with E-state index in [2.05, 4.69) is 0 Å². The molecule has 0 atom stereocenters. The Labute approximate surface area is 214 Å². The van der Waals surface area contributed by atoms with Gasteiger partial charge >= 0.3 is 0 Å². The van der Waals surface area contributed by atoms with E-state index >= 15 is 0 Å². The van der Waals surface area contributed by atoms with Gasteiger partial charge in [0, 0.05) is 17.3 Å². The van der Waals surface area contributed by atoms with E-state index in [9.17, 15) is 9.59 Å². The zero-order valence-electron chi connectivity index (χ0n) is 21.1. The van der Waals surface area contributed by atoms with Crippen LogP contribution in [-0.4, -0.2) is 11.6 Å². The number of nitrogen functional groups attached to an aromatic ring is 3. The molecule has 0 aliphatic heterocycles. The molecule has 7 heteroatoms. The Morgan fingerprint density at radius 1 is 0.541 bits per heavy atom. The quantitative estimate of drug-likeness (QED) is 0.261. The van der Waals surface area contributed by atoms with Gasteiger partial charge in [-0.15, -0.1) is 0 Å². The standard InChI is InChI=1S/C30H27N3O4/c1-14-5-7-16(3)21(11-14)36-20-10-9-18-24(27(20)32)30(35)25-19(31)13-23(28(33)26(25)29(18)34)37-22-12-15(2)6-8-17(22)4/h5-13H,31-33H2,1-4H3. The average molecular weight is 494 g/mol. The zero-order chi connectivity index (χ0) is 26.6. The van der Waals surface area contributed by atoms with Crippen molar-refractivity contribution in [2.24, 2.45) is 0 Å². The smallest absolute Gasteiger partial charge is 0.198 e. The van der Waals surface area contributed by atoms with Gasteiger partial charge in [-0.2, -0.15) is 0 Å². The largest absolute Gasteiger partial charge is 0.455 e. The number of carbonyl (C=O) groups excluding carboxylic acids is 2. The molecule has 0 aromatic heterocycles. The molecule has 5 rings (SSSR count). The van der Waals surface area contributed by atoms with Crippen molar-refractivity contribution in [2.75, 3.05) is 17.2 Å². The van der Waals surface area contributed by atoms with Gasteiger partial charge in [-0.1, -0.05) is 24.3 Å². The summed E-state index contributed by atoms with van der Waals surface area (Å²) in [6, 6.07) is 16.1. The van der Waals surface area contributed by atoms with Crippen LogP contribution in [0, 0.1) is 27.7 Å². The van der Waals surface area contributed by atoms with Crippen molar-refractivity contribution in [3.63, 3.8) is 0 Å². The van der Waals surface area contributed by atoms with Gasteiger partial charge in [0.25, 0.3) is 0 Å². The number of carbonyl (C=O) groups is 2. The maximum Gasteiger partial charge on any atom is 0.198 e. The highest BCUT2D eigenvalue weighted by molar-refractivity contribution is 6.33. The molecule has 0 bridgehead atoms. The zero-order valence-corrected chi connectivity index (χ0v) is 21.1. The molecule has 0 unspecified atom stereocenters. The Hall–Kier alpha value is -4.78. The molecule has 186 valence electrons. The van der Waals surface area contributed by atoms with Crippen molar-refractivity contribution in [2.45, 2.75) is 27.7 Å². The number of rotatable bonds is 4. The van der Waals surface area contributed by atoms with Crippen LogP contribution >= 0.6 is 0 Å². The summed E-state index contributed by atoms with van der Waals surface area (Å²) in [5, 5.41) is 0. The third kappa shape index (κ3) is 3.94. The third-order valence-electron chi connectivity index (χ3n) is 6.62. The van der Waals surface area contributed by atoms with E-state index in [1.807, 2.05) is 64.1 Å². The monoisotopic (exact) mass is 493 g/mol. The number of ketones is 2. The van der Waals surface area contributed by atoms with E-state index in [1.54, 1.807) is 6.07 Å². The predicted octanol–water partition coefficient (Wildman–Crippen LogP) is 6.03. The molecule has 1 aliphatic rings. The second-order valence-electron chi connectivity index (χ2n) is 9.43. The van der Waals surface area contributed by atoms with E-state index < -0.39 is 11.6 Å². The second-order valence-corrected chi connectivity index (χ2v) is 9.43. The molecule has 4 aromatic carbocycles. The summed E-state index contributed by atoms with van der Waals surface area (Å²) in [7, 11) is 0. The molecule has 0 amide bonds. The fraction of sp³-hybridized carbons (Fsp3) is 0.133. The van der Waals surface area contributed by atoms with Crippen LogP contribution in [0.1, 0.15) is 54.1 Å². The number of hydrogen-bond donors (Lipinski definition) is 3. The lowest BCUT2D eigenvalue weighted by molar-refractivity contribution is 0.0980. The van der Waals surface area contributed by atoms with Crippen LogP contribution in [0.25, 0.3) is 0 Å². The minimum Gasteiger partial charge on any atom is -0.455 e. The minimum atomic E-state index is -0.490. The summed E-state index contributed by atoms with van der Waals surface area (Å²) in [6.07, 6.45) is 0.